The molecule has 1 aromatic carbocycles. The van der Waals surface area contributed by atoms with E-state index >= 15 is 0 Å². The maximum absolute atomic E-state index is 5.93. The van der Waals surface area contributed by atoms with Crippen LogP contribution in [0.5, 0.6) is 0 Å². The first kappa shape index (κ1) is 11.8. The van der Waals surface area contributed by atoms with Gasteiger partial charge in [0.25, 0.3) is 0 Å². The third-order valence-corrected chi connectivity index (χ3v) is 4.26. The molecule has 0 radical (unpaired) electrons. The average molecular weight is 245 g/mol. The van der Waals surface area contributed by atoms with Crippen molar-refractivity contribution in [2.24, 2.45) is 0 Å². The fourth-order valence-electron chi connectivity index (χ4n) is 3.30. The quantitative estimate of drug-likeness (QED) is 0.745. The predicted octanol–water partition coefficient (Wildman–Crippen LogP) is 2.16. The Morgan fingerprint density at radius 1 is 1.17 bits per heavy atom. The van der Waals surface area contributed by atoms with Crippen molar-refractivity contribution in [2.75, 3.05) is 30.3 Å². The van der Waals surface area contributed by atoms with Crippen molar-refractivity contribution in [2.45, 2.75) is 38.1 Å². The highest BCUT2D eigenvalue weighted by molar-refractivity contribution is 5.61. The molecule has 3 N–H and O–H groups in total. The van der Waals surface area contributed by atoms with E-state index in [1.807, 2.05) is 0 Å². The molecule has 0 aliphatic carbocycles. The van der Waals surface area contributed by atoms with Crippen LogP contribution >= 0.6 is 0 Å². The summed E-state index contributed by atoms with van der Waals surface area (Å²) >= 11 is 0. The van der Waals surface area contributed by atoms with Crippen molar-refractivity contribution in [3.63, 3.8) is 0 Å². The van der Waals surface area contributed by atoms with Gasteiger partial charge in [-0.2, -0.15) is 0 Å². The predicted molar refractivity (Wildman–Crippen MR) is 77.0 cm³/mol. The molecule has 2 heterocycles. The van der Waals surface area contributed by atoms with Crippen molar-refractivity contribution >= 4 is 11.4 Å². The van der Waals surface area contributed by atoms with Crippen LogP contribution in [0.4, 0.5) is 11.4 Å². The Labute approximate surface area is 109 Å². The van der Waals surface area contributed by atoms with Crippen LogP contribution in [0.2, 0.25) is 0 Å². The van der Waals surface area contributed by atoms with Crippen molar-refractivity contribution < 1.29 is 0 Å². The summed E-state index contributed by atoms with van der Waals surface area (Å²) in [6.45, 7) is 3.53. The van der Waals surface area contributed by atoms with E-state index in [-0.39, 0.29) is 0 Å². The zero-order valence-electron chi connectivity index (χ0n) is 11.0. The summed E-state index contributed by atoms with van der Waals surface area (Å²) in [6.07, 6.45) is 6.31. The van der Waals surface area contributed by atoms with E-state index in [9.17, 15) is 0 Å². The number of benzene rings is 1. The second kappa shape index (κ2) is 5.19. The molecule has 0 spiro atoms. The highest BCUT2D eigenvalue weighted by Crippen LogP contribution is 2.31. The number of nitrogens with two attached hydrogens (primary N) is 1. The van der Waals surface area contributed by atoms with Crippen LogP contribution in [0, 0.1) is 0 Å². The van der Waals surface area contributed by atoms with Gasteiger partial charge in [-0.15, -0.1) is 0 Å². The van der Waals surface area contributed by atoms with Crippen LogP contribution in [0.3, 0.4) is 0 Å². The molecule has 0 amide bonds. The van der Waals surface area contributed by atoms with E-state index in [0.717, 1.165) is 18.8 Å². The van der Waals surface area contributed by atoms with Gasteiger partial charge in [-0.05, 0) is 69.0 Å². The number of anilines is 2. The van der Waals surface area contributed by atoms with E-state index in [1.165, 1.54) is 49.9 Å². The van der Waals surface area contributed by atoms with Gasteiger partial charge in [0.1, 0.15) is 0 Å². The maximum Gasteiger partial charge on any atom is 0.0402 e. The van der Waals surface area contributed by atoms with Crippen molar-refractivity contribution in [1.29, 1.82) is 0 Å². The van der Waals surface area contributed by atoms with Gasteiger partial charge in [-0.3, -0.25) is 0 Å². The molecule has 0 saturated carbocycles. The minimum Gasteiger partial charge on any atom is -0.399 e. The second-order valence-electron chi connectivity index (χ2n) is 5.52. The highest BCUT2D eigenvalue weighted by atomic mass is 15.2. The largest absolute Gasteiger partial charge is 0.399 e. The molecule has 2 aliphatic heterocycles. The SMILES string of the molecule is Nc1ccc2c(c1)CCCCN2C1CCNCC1. The molecular formula is C15H23N3. The lowest BCUT2D eigenvalue weighted by molar-refractivity contribution is 0.428. The van der Waals surface area contributed by atoms with Crippen LogP contribution in [-0.2, 0) is 6.42 Å². The van der Waals surface area contributed by atoms with E-state index in [1.54, 1.807) is 0 Å². The molecule has 0 atom stereocenters. The summed E-state index contributed by atoms with van der Waals surface area (Å²) < 4.78 is 0. The van der Waals surface area contributed by atoms with Crippen LogP contribution in [0.1, 0.15) is 31.2 Å². The van der Waals surface area contributed by atoms with Crippen molar-refractivity contribution in [1.82, 2.24) is 5.32 Å². The van der Waals surface area contributed by atoms with Gasteiger partial charge in [0.2, 0.25) is 0 Å². The Morgan fingerprint density at radius 2 is 2.00 bits per heavy atom. The molecule has 98 valence electrons. The molecule has 0 aromatic heterocycles. The van der Waals surface area contributed by atoms with Crippen molar-refractivity contribution in [3.8, 4) is 0 Å². The molecule has 3 heteroatoms. The number of nitrogens with one attached hydrogen (secondary N) is 1. The monoisotopic (exact) mass is 245 g/mol. The number of hydrogen-bond donors (Lipinski definition) is 2. The molecule has 0 bridgehead atoms. The molecule has 18 heavy (non-hydrogen) atoms. The normalized spacial score (nSPS) is 21.4. The average Bonchev–Trinajstić information content (AvgIpc) is 2.61. The first-order valence-electron chi connectivity index (χ1n) is 7.20. The van der Waals surface area contributed by atoms with Gasteiger partial charge < -0.3 is 16.0 Å². The third kappa shape index (κ3) is 2.32. The lowest BCUT2D eigenvalue weighted by Crippen LogP contribution is -2.43. The number of rotatable bonds is 1. The number of fused-ring (bicyclic) bond motifs is 1. The molecule has 1 fully saturated rings. The summed E-state index contributed by atoms with van der Waals surface area (Å²) in [6, 6.07) is 7.18. The van der Waals surface area contributed by atoms with Gasteiger partial charge in [0.15, 0.2) is 0 Å². The van der Waals surface area contributed by atoms with Gasteiger partial charge in [0.05, 0.1) is 0 Å². The van der Waals surface area contributed by atoms with Gasteiger partial charge in [-0.25, -0.2) is 0 Å². The van der Waals surface area contributed by atoms with Crippen LogP contribution in [-0.4, -0.2) is 25.7 Å². The molecule has 3 rings (SSSR count). The Morgan fingerprint density at radius 3 is 2.83 bits per heavy atom. The van der Waals surface area contributed by atoms with Crippen LogP contribution in [0.25, 0.3) is 0 Å². The number of aryl methyl sites for hydroxylation is 1. The molecule has 0 unspecified atom stereocenters. The highest BCUT2D eigenvalue weighted by Gasteiger charge is 2.24. The second-order valence-corrected chi connectivity index (χ2v) is 5.52. The smallest absolute Gasteiger partial charge is 0.0402 e. The van der Waals surface area contributed by atoms with Gasteiger partial charge in [0, 0.05) is 24.0 Å². The van der Waals surface area contributed by atoms with Crippen molar-refractivity contribution in [3.05, 3.63) is 23.8 Å². The molecular weight excluding hydrogens is 222 g/mol. The number of nitrogen functional groups attached to an aromatic ring is 1. The summed E-state index contributed by atoms with van der Waals surface area (Å²) in [7, 11) is 0. The third-order valence-electron chi connectivity index (χ3n) is 4.26. The molecule has 1 saturated heterocycles. The Bertz CT molecular complexity index is 410. The summed E-state index contributed by atoms with van der Waals surface area (Å²) in [5, 5.41) is 3.46. The Balaban J connectivity index is 1.90. The van der Waals surface area contributed by atoms with E-state index in [4.69, 9.17) is 5.73 Å². The fraction of sp³-hybridized carbons (Fsp3) is 0.600. The van der Waals surface area contributed by atoms with Crippen LogP contribution in [0.15, 0.2) is 18.2 Å². The molecule has 3 nitrogen and oxygen atoms in total. The zero-order chi connectivity index (χ0) is 12.4. The molecule has 1 aromatic rings. The van der Waals surface area contributed by atoms with E-state index in [0.29, 0.717) is 6.04 Å². The molecule has 2 aliphatic rings. The summed E-state index contributed by atoms with van der Waals surface area (Å²) in [5.41, 5.74) is 9.72. The topological polar surface area (TPSA) is 41.3 Å². The van der Waals surface area contributed by atoms with Crippen LogP contribution < -0.4 is 16.0 Å². The zero-order valence-corrected chi connectivity index (χ0v) is 11.0. The number of nitrogens with zero attached hydrogens (tertiary/aromatic N) is 1. The standard InChI is InChI=1S/C15H23N3/c16-13-4-5-15-12(11-13)3-1-2-10-18(15)14-6-8-17-9-7-14/h4-5,11,14,17H,1-3,6-10,16H2. The first-order valence-corrected chi connectivity index (χ1v) is 7.20. The Kier molecular flexibility index (Phi) is 3.41. The minimum atomic E-state index is 0.715. The number of piperidine rings is 1. The first-order chi connectivity index (χ1) is 8.84. The van der Waals surface area contributed by atoms with E-state index in [2.05, 4.69) is 28.4 Å². The number of hydrogen-bond acceptors (Lipinski definition) is 3. The van der Waals surface area contributed by atoms with Gasteiger partial charge >= 0.3 is 0 Å². The lowest BCUT2D eigenvalue weighted by atomic mass is 10.0. The fourth-order valence-corrected chi connectivity index (χ4v) is 3.30. The van der Waals surface area contributed by atoms with E-state index < -0.39 is 0 Å². The minimum absolute atomic E-state index is 0.715. The maximum atomic E-state index is 5.93. The lowest BCUT2D eigenvalue weighted by Gasteiger charge is -2.36. The van der Waals surface area contributed by atoms with Gasteiger partial charge in [-0.1, -0.05) is 0 Å². The summed E-state index contributed by atoms with van der Waals surface area (Å²) in [4.78, 5) is 2.64. The Hall–Kier alpha value is -1.22. The summed E-state index contributed by atoms with van der Waals surface area (Å²) in [5.74, 6) is 0.